The highest BCUT2D eigenvalue weighted by molar-refractivity contribution is 5.71. The summed E-state index contributed by atoms with van der Waals surface area (Å²) in [6.45, 7) is 3.55. The van der Waals surface area contributed by atoms with Gasteiger partial charge in [-0.3, -0.25) is 4.79 Å². The molecule has 0 heterocycles. The average molecular weight is 284 g/mol. The van der Waals surface area contributed by atoms with Gasteiger partial charge in [-0.25, -0.2) is 0 Å². The van der Waals surface area contributed by atoms with Crippen LogP contribution in [-0.4, -0.2) is 11.1 Å². The molecule has 21 heavy (non-hydrogen) atoms. The van der Waals surface area contributed by atoms with Crippen LogP contribution in [0.4, 0.5) is 0 Å². The lowest BCUT2D eigenvalue weighted by atomic mass is 9.98. The average Bonchev–Trinajstić information content (AvgIpc) is 2.53. The molecule has 0 aromatic heterocycles. The molecule has 0 amide bonds. The smallest absolute Gasteiger partial charge is 0.309 e. The van der Waals surface area contributed by atoms with Crippen molar-refractivity contribution in [2.24, 2.45) is 5.92 Å². The number of aliphatic hydroxyl groups excluding tert-OH is 1. The summed E-state index contributed by atoms with van der Waals surface area (Å²) in [7, 11) is 0. The van der Waals surface area contributed by atoms with E-state index in [0.717, 1.165) is 11.1 Å². The van der Waals surface area contributed by atoms with Gasteiger partial charge in [-0.2, -0.15) is 0 Å². The van der Waals surface area contributed by atoms with Gasteiger partial charge in [-0.05, 0) is 11.1 Å². The molecule has 0 fully saturated rings. The minimum Gasteiger partial charge on any atom is -0.454 e. The highest BCUT2D eigenvalue weighted by Crippen LogP contribution is 2.32. The number of ether oxygens (including phenoxy) is 1. The van der Waals surface area contributed by atoms with Crippen molar-refractivity contribution in [2.45, 2.75) is 26.1 Å². The Morgan fingerprint density at radius 2 is 1.38 bits per heavy atom. The Labute approximate surface area is 125 Å². The fraction of sp³-hybridized carbons (Fsp3) is 0.278. The first-order valence-electron chi connectivity index (χ1n) is 7.08. The first kappa shape index (κ1) is 15.3. The molecule has 0 unspecified atom stereocenters. The van der Waals surface area contributed by atoms with Crippen molar-refractivity contribution in [3.63, 3.8) is 0 Å². The SMILES string of the molecule is CC(C)C(=O)O[C@H](c1ccccc1)[C@H](O)c1ccccc1. The molecule has 1 N–H and O–H groups in total. The number of rotatable bonds is 5. The zero-order valence-corrected chi connectivity index (χ0v) is 12.3. The molecule has 0 aliphatic heterocycles. The lowest BCUT2D eigenvalue weighted by Gasteiger charge is -2.24. The van der Waals surface area contributed by atoms with Crippen LogP contribution in [0.2, 0.25) is 0 Å². The van der Waals surface area contributed by atoms with Crippen LogP contribution in [0, 0.1) is 5.92 Å². The van der Waals surface area contributed by atoms with Gasteiger partial charge < -0.3 is 9.84 Å². The van der Waals surface area contributed by atoms with Crippen molar-refractivity contribution in [3.05, 3.63) is 71.8 Å². The van der Waals surface area contributed by atoms with Crippen LogP contribution >= 0.6 is 0 Å². The molecule has 3 nitrogen and oxygen atoms in total. The maximum Gasteiger partial charge on any atom is 0.309 e. The second-order valence-electron chi connectivity index (χ2n) is 5.28. The van der Waals surface area contributed by atoms with E-state index < -0.39 is 12.2 Å². The molecule has 0 spiro atoms. The van der Waals surface area contributed by atoms with Gasteiger partial charge in [0.25, 0.3) is 0 Å². The Morgan fingerprint density at radius 3 is 1.86 bits per heavy atom. The fourth-order valence-corrected chi connectivity index (χ4v) is 2.04. The van der Waals surface area contributed by atoms with E-state index in [0.29, 0.717) is 0 Å². The second kappa shape index (κ2) is 7.04. The van der Waals surface area contributed by atoms with Crippen LogP contribution in [0.3, 0.4) is 0 Å². The van der Waals surface area contributed by atoms with E-state index in [-0.39, 0.29) is 11.9 Å². The molecule has 0 aliphatic carbocycles. The van der Waals surface area contributed by atoms with Crippen molar-refractivity contribution in [2.75, 3.05) is 0 Å². The zero-order valence-electron chi connectivity index (χ0n) is 12.3. The van der Waals surface area contributed by atoms with Gasteiger partial charge in [0.1, 0.15) is 6.10 Å². The van der Waals surface area contributed by atoms with Gasteiger partial charge in [0, 0.05) is 0 Å². The van der Waals surface area contributed by atoms with Crippen molar-refractivity contribution >= 4 is 5.97 Å². The molecule has 0 aliphatic rings. The van der Waals surface area contributed by atoms with Gasteiger partial charge in [0.2, 0.25) is 0 Å². The highest BCUT2D eigenvalue weighted by atomic mass is 16.6. The number of aliphatic hydroxyl groups is 1. The quantitative estimate of drug-likeness (QED) is 0.852. The van der Waals surface area contributed by atoms with Gasteiger partial charge in [0.05, 0.1) is 5.92 Å². The molecule has 0 radical (unpaired) electrons. The summed E-state index contributed by atoms with van der Waals surface area (Å²) in [5.41, 5.74) is 1.51. The molecule has 2 aromatic carbocycles. The van der Waals surface area contributed by atoms with Gasteiger partial charge in [-0.15, -0.1) is 0 Å². The number of hydrogen-bond acceptors (Lipinski definition) is 3. The van der Waals surface area contributed by atoms with Gasteiger partial charge in [-0.1, -0.05) is 74.5 Å². The Kier molecular flexibility index (Phi) is 5.12. The Balaban J connectivity index is 2.30. The summed E-state index contributed by atoms with van der Waals surface area (Å²) in [6, 6.07) is 18.6. The molecule has 3 heteroatoms. The molecule has 2 rings (SSSR count). The number of benzene rings is 2. The third-order valence-electron chi connectivity index (χ3n) is 3.27. The molecule has 110 valence electrons. The summed E-state index contributed by atoms with van der Waals surface area (Å²) in [5, 5.41) is 10.6. The van der Waals surface area contributed by atoms with Crippen LogP contribution in [0.1, 0.15) is 37.2 Å². The Hall–Kier alpha value is -2.13. The maximum absolute atomic E-state index is 11.9. The second-order valence-corrected chi connectivity index (χ2v) is 5.28. The first-order valence-corrected chi connectivity index (χ1v) is 7.08. The number of esters is 1. The summed E-state index contributed by atoms with van der Waals surface area (Å²) >= 11 is 0. The predicted molar refractivity (Wildman–Crippen MR) is 81.5 cm³/mol. The van der Waals surface area contributed by atoms with Crippen LogP contribution in [0.5, 0.6) is 0 Å². The minimum absolute atomic E-state index is 0.237. The van der Waals surface area contributed by atoms with E-state index in [1.807, 2.05) is 60.7 Å². The molecule has 0 saturated carbocycles. The van der Waals surface area contributed by atoms with E-state index in [9.17, 15) is 9.90 Å². The highest BCUT2D eigenvalue weighted by Gasteiger charge is 2.27. The summed E-state index contributed by atoms with van der Waals surface area (Å²) < 4.78 is 5.53. The summed E-state index contributed by atoms with van der Waals surface area (Å²) in [5.74, 6) is -0.557. The van der Waals surface area contributed by atoms with Crippen LogP contribution in [-0.2, 0) is 9.53 Å². The summed E-state index contributed by atoms with van der Waals surface area (Å²) in [6.07, 6.45) is -1.60. The largest absolute Gasteiger partial charge is 0.454 e. The van der Waals surface area contributed by atoms with E-state index in [1.165, 1.54) is 0 Å². The molecule has 2 atom stereocenters. The van der Waals surface area contributed by atoms with Crippen LogP contribution in [0.25, 0.3) is 0 Å². The van der Waals surface area contributed by atoms with Crippen LogP contribution in [0.15, 0.2) is 60.7 Å². The molecule has 2 aromatic rings. The number of carbonyl (C=O) groups is 1. The first-order chi connectivity index (χ1) is 10.1. The lowest BCUT2D eigenvalue weighted by Crippen LogP contribution is -2.21. The van der Waals surface area contributed by atoms with E-state index in [2.05, 4.69) is 0 Å². The van der Waals surface area contributed by atoms with Crippen molar-refractivity contribution in [3.8, 4) is 0 Å². The number of carbonyl (C=O) groups excluding carboxylic acids is 1. The maximum atomic E-state index is 11.9. The standard InChI is InChI=1S/C18H20O3/c1-13(2)18(20)21-17(15-11-7-4-8-12-15)16(19)14-9-5-3-6-10-14/h3-13,16-17,19H,1-2H3/t16-,17-/m1/s1. The van der Waals surface area contributed by atoms with E-state index >= 15 is 0 Å². The summed E-state index contributed by atoms with van der Waals surface area (Å²) in [4.78, 5) is 11.9. The Bertz CT molecular complexity index is 564. The third-order valence-corrected chi connectivity index (χ3v) is 3.27. The fourth-order valence-electron chi connectivity index (χ4n) is 2.04. The molecule has 0 saturated heterocycles. The normalized spacial score (nSPS) is 13.7. The van der Waals surface area contributed by atoms with Gasteiger partial charge >= 0.3 is 5.97 Å². The predicted octanol–water partition coefficient (Wildman–Crippen LogP) is 3.66. The minimum atomic E-state index is -0.892. The Morgan fingerprint density at radius 1 is 0.905 bits per heavy atom. The van der Waals surface area contributed by atoms with Crippen LogP contribution < -0.4 is 0 Å². The zero-order chi connectivity index (χ0) is 15.2. The molecule has 0 bridgehead atoms. The van der Waals surface area contributed by atoms with E-state index in [4.69, 9.17) is 4.74 Å². The molecular weight excluding hydrogens is 264 g/mol. The topological polar surface area (TPSA) is 46.5 Å². The monoisotopic (exact) mass is 284 g/mol. The number of hydrogen-bond donors (Lipinski definition) is 1. The van der Waals surface area contributed by atoms with Crippen molar-refractivity contribution < 1.29 is 14.6 Å². The third kappa shape index (κ3) is 3.92. The van der Waals surface area contributed by atoms with Crippen molar-refractivity contribution in [1.29, 1.82) is 0 Å². The van der Waals surface area contributed by atoms with Crippen molar-refractivity contribution in [1.82, 2.24) is 0 Å². The molecular formula is C18H20O3. The van der Waals surface area contributed by atoms with Gasteiger partial charge in [0.15, 0.2) is 6.10 Å². The van der Waals surface area contributed by atoms with E-state index in [1.54, 1.807) is 13.8 Å². The lowest BCUT2D eigenvalue weighted by molar-refractivity contribution is -0.160.